The molecule has 0 radical (unpaired) electrons. The van der Waals surface area contributed by atoms with E-state index >= 15 is 4.39 Å². The van der Waals surface area contributed by atoms with Crippen LogP contribution in [0.1, 0.15) is 81.7 Å². The highest BCUT2D eigenvalue weighted by Crippen LogP contribution is 2.43. The fraction of sp³-hybridized carbons (Fsp3) is 0.419. The van der Waals surface area contributed by atoms with Gasteiger partial charge in [0, 0.05) is 75.7 Å². The van der Waals surface area contributed by atoms with Gasteiger partial charge in [0.25, 0.3) is 5.88 Å². The van der Waals surface area contributed by atoms with Crippen LogP contribution < -0.4 is 14.4 Å². The number of aliphatic hydroxyl groups excluding tert-OH is 1. The SMILES string of the molecule is C=CC(=O)N1CCN(c2nc(OCCN3CCC(OCCOc4cc([C@H](C(=O)N5C[C@H](O)C[C@H]5C(=O)C[C@@H](C)c5ccc(-c6scnc6C)cc5)C(C)C)on4)CC3)nc3c(F)c(-c4cc(O)cc5ccccc45)c(Cl)cc23)C[C@@H]1CC#N. The summed E-state index contributed by atoms with van der Waals surface area (Å²) in [4.78, 5) is 63.1. The molecule has 0 unspecified atom stereocenters. The van der Waals surface area contributed by atoms with Gasteiger partial charge in [-0.1, -0.05) is 87.5 Å². The van der Waals surface area contributed by atoms with Gasteiger partial charge in [-0.3, -0.25) is 19.3 Å². The molecule has 0 spiro atoms. The number of aryl methyl sites for hydroxylation is 1. The fourth-order valence-corrected chi connectivity index (χ4v) is 12.8. The van der Waals surface area contributed by atoms with Crippen molar-refractivity contribution in [1.82, 2.24) is 34.8 Å². The molecule has 83 heavy (non-hydrogen) atoms. The number of aromatic hydroxyl groups is 1. The molecule has 3 fully saturated rings. The third kappa shape index (κ3) is 13.0. The number of carbonyl (C=O) groups excluding carboxylic acids is 3. The van der Waals surface area contributed by atoms with Gasteiger partial charge in [-0.25, -0.2) is 9.37 Å². The number of phenols is 1. The molecule has 3 saturated heterocycles. The van der Waals surface area contributed by atoms with Crippen LogP contribution in [0.3, 0.4) is 0 Å². The number of fused-ring (bicyclic) bond motifs is 2. The van der Waals surface area contributed by atoms with E-state index in [-0.39, 0.29) is 128 Å². The Hall–Kier alpha value is -7.54. The molecule has 3 aliphatic rings. The normalized spacial score (nSPS) is 18.6. The summed E-state index contributed by atoms with van der Waals surface area (Å²) in [5.41, 5.74) is 5.31. The Morgan fingerprint density at radius 1 is 0.964 bits per heavy atom. The standard InChI is InChI=1S/C62H67ClFN9O9S/c1-6-54(77)72-22-21-71(33-42(72)15-18-65)60-48-31-49(63)56(47-29-43(74)28-41-9-7-8-10-46(41)47)57(64)58(48)67-62(68-60)81-24-23-70-19-16-45(17-20-70)79-25-26-80-53-32-52(82-69-53)55(36(2)3)61(78)73-34-44(75)30-50(73)51(76)27-37(4)39-11-13-40(14-12-39)59-38(5)66-35-83-59/h6-14,28-29,31-32,35-37,42,44-45,50,55,74-75H,1,15-17,19-27,30,33-34H2,2-5H3/t37-,42+,44-,50+,55-/m1/s1. The summed E-state index contributed by atoms with van der Waals surface area (Å²) in [5.74, 6) is -1.67. The first-order valence-electron chi connectivity index (χ1n) is 28.1. The van der Waals surface area contributed by atoms with Crippen molar-refractivity contribution in [3.05, 3.63) is 119 Å². The average Bonchev–Trinajstić information content (AvgIpc) is 4.00. The van der Waals surface area contributed by atoms with Gasteiger partial charge in [0.05, 0.1) is 64.5 Å². The van der Waals surface area contributed by atoms with Crippen LogP contribution in [0, 0.1) is 30.0 Å². The number of Topliss-reactive ketones (excluding diaryl/α,β-unsaturated/α-hetero) is 1. The first kappa shape index (κ1) is 58.6. The van der Waals surface area contributed by atoms with Crippen LogP contribution in [0.15, 0.2) is 95.5 Å². The first-order chi connectivity index (χ1) is 40.1. The van der Waals surface area contributed by atoms with Gasteiger partial charge in [-0.2, -0.15) is 15.2 Å². The molecule has 5 atom stereocenters. The molecule has 18 nitrogen and oxygen atoms in total. The molecule has 2 amide bonds. The minimum Gasteiger partial charge on any atom is -0.508 e. The number of carbonyl (C=O) groups is 3. The smallest absolute Gasteiger partial charge is 0.319 e. The highest BCUT2D eigenvalue weighted by molar-refractivity contribution is 7.13. The second kappa shape index (κ2) is 25.9. The van der Waals surface area contributed by atoms with E-state index in [9.17, 15) is 29.9 Å². The molecule has 21 heteroatoms. The highest BCUT2D eigenvalue weighted by Gasteiger charge is 2.43. The van der Waals surface area contributed by atoms with Crippen LogP contribution in [0.4, 0.5) is 10.2 Å². The minimum atomic E-state index is -0.827. The number of halogens is 2. The quantitative estimate of drug-likeness (QED) is 0.0505. The Morgan fingerprint density at radius 3 is 2.48 bits per heavy atom. The first-order valence-corrected chi connectivity index (χ1v) is 29.4. The van der Waals surface area contributed by atoms with E-state index in [0.29, 0.717) is 46.4 Å². The van der Waals surface area contributed by atoms with Crippen LogP contribution in [0.25, 0.3) is 43.2 Å². The molecular weight excluding hydrogens is 1100 g/mol. The molecule has 0 aliphatic carbocycles. The maximum absolute atomic E-state index is 17.2. The number of piperidine rings is 1. The zero-order valence-electron chi connectivity index (χ0n) is 46.9. The molecule has 0 saturated carbocycles. The van der Waals surface area contributed by atoms with Crippen molar-refractivity contribution in [3.63, 3.8) is 0 Å². The number of aromatic nitrogens is 4. The van der Waals surface area contributed by atoms with Gasteiger partial charge in [0.2, 0.25) is 11.8 Å². The number of β-amino-alcohol motifs (C(OH)–C–C–N with tert-alkyl or cyclic N) is 1. The van der Waals surface area contributed by atoms with Gasteiger partial charge in [0.1, 0.15) is 36.2 Å². The molecule has 434 valence electrons. The summed E-state index contributed by atoms with van der Waals surface area (Å²) in [6.07, 6.45) is 2.33. The molecule has 10 rings (SSSR count). The molecule has 4 aromatic carbocycles. The number of benzene rings is 4. The van der Waals surface area contributed by atoms with Crippen LogP contribution >= 0.6 is 22.9 Å². The topological polar surface area (TPSA) is 221 Å². The second-order valence-electron chi connectivity index (χ2n) is 21.9. The largest absolute Gasteiger partial charge is 0.508 e. The lowest BCUT2D eigenvalue weighted by Gasteiger charge is -2.41. The number of ether oxygens (including phenoxy) is 3. The van der Waals surface area contributed by atoms with Crippen molar-refractivity contribution in [2.75, 3.05) is 70.5 Å². The van der Waals surface area contributed by atoms with Crippen molar-refractivity contribution >= 4 is 68.0 Å². The number of anilines is 1. The monoisotopic (exact) mass is 1170 g/mol. The summed E-state index contributed by atoms with van der Waals surface area (Å²) in [5, 5.41) is 37.1. The average molecular weight is 1170 g/mol. The Kier molecular flexibility index (Phi) is 18.3. The molecule has 6 heterocycles. The van der Waals surface area contributed by atoms with Crippen molar-refractivity contribution < 1.29 is 47.7 Å². The summed E-state index contributed by atoms with van der Waals surface area (Å²) in [6, 6.07) is 22.6. The van der Waals surface area contributed by atoms with Crippen molar-refractivity contribution in [2.24, 2.45) is 5.92 Å². The molecule has 2 N–H and O–H groups in total. The predicted octanol–water partition coefficient (Wildman–Crippen LogP) is 9.89. The van der Waals surface area contributed by atoms with Crippen molar-refractivity contribution in [1.29, 1.82) is 5.26 Å². The number of likely N-dealkylation sites (tertiary alicyclic amines) is 2. The van der Waals surface area contributed by atoms with Gasteiger partial charge >= 0.3 is 6.01 Å². The van der Waals surface area contributed by atoms with Crippen molar-refractivity contribution in [3.8, 4) is 45.3 Å². The van der Waals surface area contributed by atoms with Crippen LogP contribution in [-0.2, 0) is 19.1 Å². The second-order valence-corrected chi connectivity index (χ2v) is 23.2. The van der Waals surface area contributed by atoms with E-state index in [4.69, 9.17) is 35.3 Å². The van der Waals surface area contributed by atoms with E-state index in [2.05, 4.69) is 32.7 Å². The number of hydrogen-bond donors (Lipinski definition) is 2. The molecule has 7 aromatic rings. The molecular formula is C62H67ClFN9O9S. The zero-order valence-corrected chi connectivity index (χ0v) is 48.5. The number of nitrogens with zero attached hydrogens (tertiary/aromatic N) is 9. The number of rotatable bonds is 21. The third-order valence-corrected chi connectivity index (χ3v) is 17.3. The lowest BCUT2D eigenvalue weighted by atomic mass is 9.89. The zero-order chi connectivity index (χ0) is 58.5. The number of thiazole rings is 1. The van der Waals surface area contributed by atoms with E-state index < -0.39 is 29.9 Å². The Morgan fingerprint density at radius 2 is 1.75 bits per heavy atom. The number of nitriles is 1. The molecule has 0 bridgehead atoms. The highest BCUT2D eigenvalue weighted by atomic mass is 35.5. The number of ketones is 1. The third-order valence-electron chi connectivity index (χ3n) is 16.1. The van der Waals surface area contributed by atoms with Gasteiger partial charge in [0.15, 0.2) is 17.4 Å². The van der Waals surface area contributed by atoms with E-state index in [1.165, 1.54) is 17.0 Å². The minimum absolute atomic E-state index is 0.0220. The summed E-state index contributed by atoms with van der Waals surface area (Å²) in [7, 11) is 0. The van der Waals surface area contributed by atoms with Crippen LogP contribution in [0.5, 0.6) is 17.6 Å². The number of phenolic OH excluding ortho intramolecular Hbond substituents is 1. The number of aliphatic hydroxyl groups is 1. The van der Waals surface area contributed by atoms with Crippen LogP contribution in [0.2, 0.25) is 5.02 Å². The Labute approximate surface area is 490 Å². The Bertz CT molecular complexity index is 3550. The summed E-state index contributed by atoms with van der Waals surface area (Å²) >= 11 is 8.54. The maximum Gasteiger partial charge on any atom is 0.319 e. The number of hydrogen-bond acceptors (Lipinski definition) is 17. The lowest BCUT2D eigenvalue weighted by Crippen LogP contribution is -2.55. The van der Waals surface area contributed by atoms with Crippen molar-refractivity contribution in [2.45, 2.75) is 95.9 Å². The summed E-state index contributed by atoms with van der Waals surface area (Å²) < 4.78 is 41.3. The van der Waals surface area contributed by atoms with E-state index in [1.54, 1.807) is 34.4 Å². The molecule has 3 aliphatic heterocycles. The van der Waals surface area contributed by atoms with Crippen LogP contribution in [-0.4, -0.2) is 153 Å². The van der Waals surface area contributed by atoms with Gasteiger partial charge < -0.3 is 43.6 Å². The molecule has 3 aromatic heterocycles. The number of piperazine rings is 1. The summed E-state index contributed by atoms with van der Waals surface area (Å²) in [6.45, 7) is 14.9. The maximum atomic E-state index is 17.2. The van der Waals surface area contributed by atoms with Gasteiger partial charge in [-0.05, 0) is 88.5 Å². The fourth-order valence-electron chi connectivity index (χ4n) is 11.7. The number of amides is 2. The van der Waals surface area contributed by atoms with Gasteiger partial charge in [-0.15, -0.1) is 11.3 Å². The predicted molar refractivity (Wildman–Crippen MR) is 314 cm³/mol. The Balaban J connectivity index is 0.726. The lowest BCUT2D eigenvalue weighted by molar-refractivity contribution is -0.140. The van der Waals surface area contributed by atoms with E-state index in [1.807, 2.05) is 86.6 Å². The van der Waals surface area contributed by atoms with E-state index in [0.717, 1.165) is 47.6 Å².